The number of rotatable bonds is 3. The highest BCUT2D eigenvalue weighted by atomic mass is 16.3. The lowest BCUT2D eigenvalue weighted by molar-refractivity contribution is 0.0789. The summed E-state index contributed by atoms with van der Waals surface area (Å²) in [5, 5.41) is 17.7. The molecule has 0 aliphatic rings. The van der Waals surface area contributed by atoms with E-state index in [0.29, 0.717) is 6.54 Å². The first kappa shape index (κ1) is 11.0. The lowest BCUT2D eigenvalue weighted by Gasteiger charge is -2.14. The molecule has 0 spiro atoms. The summed E-state index contributed by atoms with van der Waals surface area (Å²) in [5.41, 5.74) is 0.0120. The lowest BCUT2D eigenvalue weighted by Crippen LogP contribution is -2.28. The molecule has 5 heteroatoms. The predicted molar refractivity (Wildman–Crippen MR) is 53.1 cm³/mol. The smallest absolute Gasteiger partial charge is 0.276 e. The van der Waals surface area contributed by atoms with Crippen LogP contribution in [-0.2, 0) is 0 Å². The number of nitrogens with zero attached hydrogens (tertiary/aromatic N) is 3. The fraction of sp³-hybridized carbons (Fsp3) is 0.300. The minimum Gasteiger partial charge on any atom is -0.505 e. The highest BCUT2D eigenvalue weighted by Crippen LogP contribution is 2.14. The Morgan fingerprint density at radius 2 is 2.47 bits per heavy atom. The number of pyridine rings is 1. The van der Waals surface area contributed by atoms with Gasteiger partial charge in [0, 0.05) is 19.8 Å². The minimum atomic E-state index is -0.386. The molecule has 0 saturated heterocycles. The minimum absolute atomic E-state index is 0.0120. The summed E-state index contributed by atoms with van der Waals surface area (Å²) in [6.45, 7) is 0.325. The maximum atomic E-state index is 11.7. The van der Waals surface area contributed by atoms with Crippen LogP contribution in [-0.4, -0.2) is 34.5 Å². The zero-order valence-electron chi connectivity index (χ0n) is 8.34. The lowest BCUT2D eigenvalue weighted by atomic mass is 10.3. The number of amides is 1. The fourth-order valence-electron chi connectivity index (χ4n) is 1.06. The van der Waals surface area contributed by atoms with Crippen molar-refractivity contribution < 1.29 is 9.90 Å². The van der Waals surface area contributed by atoms with Gasteiger partial charge in [-0.15, -0.1) is 0 Å². The van der Waals surface area contributed by atoms with Crippen LogP contribution in [0.2, 0.25) is 0 Å². The Morgan fingerprint density at radius 1 is 1.73 bits per heavy atom. The van der Waals surface area contributed by atoms with Crippen LogP contribution in [0.15, 0.2) is 18.3 Å². The molecule has 1 aromatic rings. The van der Waals surface area contributed by atoms with Crippen molar-refractivity contribution in [3.8, 4) is 11.8 Å². The number of aromatic nitrogens is 1. The molecule has 78 valence electrons. The summed E-state index contributed by atoms with van der Waals surface area (Å²) in [5.74, 6) is -0.533. The molecule has 0 aromatic carbocycles. The first-order chi connectivity index (χ1) is 7.16. The molecule has 1 heterocycles. The van der Waals surface area contributed by atoms with Gasteiger partial charge in [-0.2, -0.15) is 5.26 Å². The van der Waals surface area contributed by atoms with E-state index < -0.39 is 0 Å². The molecule has 0 radical (unpaired) electrons. The molecule has 1 amide bonds. The zero-order chi connectivity index (χ0) is 11.3. The van der Waals surface area contributed by atoms with Gasteiger partial charge in [-0.1, -0.05) is 0 Å². The molecular formula is C10H11N3O2. The SMILES string of the molecule is CN(CCC#N)C(=O)c1ncccc1O. The highest BCUT2D eigenvalue weighted by molar-refractivity contribution is 5.94. The van der Waals surface area contributed by atoms with Gasteiger partial charge >= 0.3 is 0 Å². The van der Waals surface area contributed by atoms with Crippen molar-refractivity contribution in [3.63, 3.8) is 0 Å². The Labute approximate surface area is 87.6 Å². The van der Waals surface area contributed by atoms with Crippen LogP contribution in [0.25, 0.3) is 0 Å². The molecular weight excluding hydrogens is 194 g/mol. The second kappa shape index (κ2) is 4.96. The van der Waals surface area contributed by atoms with Gasteiger partial charge in [-0.25, -0.2) is 4.98 Å². The molecule has 5 nitrogen and oxygen atoms in total. The summed E-state index contributed by atoms with van der Waals surface area (Å²) in [4.78, 5) is 16.8. The maximum Gasteiger partial charge on any atom is 0.276 e. The monoisotopic (exact) mass is 205 g/mol. The number of aromatic hydroxyl groups is 1. The first-order valence-corrected chi connectivity index (χ1v) is 4.43. The van der Waals surface area contributed by atoms with Gasteiger partial charge < -0.3 is 10.0 Å². The van der Waals surface area contributed by atoms with E-state index in [-0.39, 0.29) is 23.8 Å². The number of hydrogen-bond donors (Lipinski definition) is 1. The Morgan fingerprint density at radius 3 is 3.07 bits per heavy atom. The molecule has 15 heavy (non-hydrogen) atoms. The van der Waals surface area contributed by atoms with Crippen LogP contribution in [0.5, 0.6) is 5.75 Å². The molecule has 1 N–H and O–H groups in total. The third kappa shape index (κ3) is 2.68. The van der Waals surface area contributed by atoms with Crippen molar-refractivity contribution in [3.05, 3.63) is 24.0 Å². The van der Waals surface area contributed by atoms with Gasteiger partial charge in [-0.3, -0.25) is 4.79 Å². The molecule has 0 saturated carbocycles. The summed E-state index contributed by atoms with van der Waals surface area (Å²) < 4.78 is 0. The van der Waals surface area contributed by atoms with Gasteiger partial charge in [0.25, 0.3) is 5.91 Å². The first-order valence-electron chi connectivity index (χ1n) is 4.43. The molecule has 1 aromatic heterocycles. The summed E-state index contributed by atoms with van der Waals surface area (Å²) in [6.07, 6.45) is 1.70. The largest absolute Gasteiger partial charge is 0.505 e. The van der Waals surface area contributed by atoms with Crippen LogP contribution < -0.4 is 0 Å². The van der Waals surface area contributed by atoms with Crippen LogP contribution in [0.3, 0.4) is 0 Å². The number of carbonyl (C=O) groups is 1. The van der Waals surface area contributed by atoms with E-state index in [1.54, 1.807) is 13.1 Å². The van der Waals surface area contributed by atoms with Gasteiger partial charge in [0.15, 0.2) is 5.69 Å². The van der Waals surface area contributed by atoms with Gasteiger partial charge in [0.05, 0.1) is 12.5 Å². The molecule has 0 unspecified atom stereocenters. The number of nitriles is 1. The van der Waals surface area contributed by atoms with Gasteiger partial charge in [0.1, 0.15) is 5.75 Å². The average molecular weight is 205 g/mol. The van der Waals surface area contributed by atoms with Crippen molar-refractivity contribution in [2.45, 2.75) is 6.42 Å². The van der Waals surface area contributed by atoms with Crippen LogP contribution in [0.4, 0.5) is 0 Å². The second-order valence-corrected chi connectivity index (χ2v) is 3.01. The Hall–Kier alpha value is -2.09. The Bertz CT molecular complexity index is 398. The highest BCUT2D eigenvalue weighted by Gasteiger charge is 2.16. The second-order valence-electron chi connectivity index (χ2n) is 3.01. The fourth-order valence-corrected chi connectivity index (χ4v) is 1.06. The van der Waals surface area contributed by atoms with Crippen molar-refractivity contribution in [1.29, 1.82) is 5.26 Å². The van der Waals surface area contributed by atoms with Gasteiger partial charge in [-0.05, 0) is 12.1 Å². The Balaban J connectivity index is 2.77. The number of carbonyl (C=O) groups excluding carboxylic acids is 1. The molecule has 0 bridgehead atoms. The van der Waals surface area contributed by atoms with E-state index in [1.807, 2.05) is 6.07 Å². The third-order valence-electron chi connectivity index (χ3n) is 1.89. The van der Waals surface area contributed by atoms with Crippen LogP contribution >= 0.6 is 0 Å². The van der Waals surface area contributed by atoms with Crippen molar-refractivity contribution in [2.75, 3.05) is 13.6 Å². The quantitative estimate of drug-likeness (QED) is 0.790. The summed E-state index contributed by atoms with van der Waals surface area (Å²) >= 11 is 0. The van der Waals surface area contributed by atoms with E-state index in [9.17, 15) is 9.90 Å². The van der Waals surface area contributed by atoms with Gasteiger partial charge in [0.2, 0.25) is 0 Å². The van der Waals surface area contributed by atoms with E-state index in [4.69, 9.17) is 5.26 Å². The Kier molecular flexibility index (Phi) is 3.63. The topological polar surface area (TPSA) is 77.2 Å². The van der Waals surface area contributed by atoms with E-state index >= 15 is 0 Å². The summed E-state index contributed by atoms with van der Waals surface area (Å²) in [7, 11) is 1.56. The molecule has 0 aliphatic carbocycles. The van der Waals surface area contributed by atoms with Crippen molar-refractivity contribution >= 4 is 5.91 Å². The van der Waals surface area contributed by atoms with E-state index in [2.05, 4.69) is 4.98 Å². The van der Waals surface area contributed by atoms with Crippen LogP contribution in [0, 0.1) is 11.3 Å². The van der Waals surface area contributed by atoms with Crippen molar-refractivity contribution in [1.82, 2.24) is 9.88 Å². The molecule has 0 aliphatic heterocycles. The predicted octanol–water partition coefficient (Wildman–Crippen LogP) is 0.773. The van der Waals surface area contributed by atoms with E-state index in [0.717, 1.165) is 0 Å². The molecule has 0 atom stereocenters. The third-order valence-corrected chi connectivity index (χ3v) is 1.89. The standard InChI is InChI=1S/C10H11N3O2/c1-13(7-3-5-11)10(15)9-8(14)4-2-6-12-9/h2,4,6,14H,3,7H2,1H3. The molecule has 0 fully saturated rings. The van der Waals surface area contributed by atoms with E-state index in [1.165, 1.54) is 17.2 Å². The zero-order valence-corrected chi connectivity index (χ0v) is 8.34. The average Bonchev–Trinajstić information content (AvgIpc) is 2.25. The number of hydrogen-bond acceptors (Lipinski definition) is 4. The summed E-state index contributed by atoms with van der Waals surface area (Å²) in [6, 6.07) is 4.89. The van der Waals surface area contributed by atoms with Crippen molar-refractivity contribution in [2.24, 2.45) is 0 Å². The van der Waals surface area contributed by atoms with Crippen LogP contribution in [0.1, 0.15) is 16.9 Å². The molecule has 1 rings (SSSR count). The maximum absolute atomic E-state index is 11.7. The normalized spacial score (nSPS) is 9.33.